The van der Waals surface area contributed by atoms with Crippen LogP contribution in [0, 0.1) is 13.8 Å². The first-order chi connectivity index (χ1) is 9.44. The van der Waals surface area contributed by atoms with Gasteiger partial charge < -0.3 is 9.15 Å². The van der Waals surface area contributed by atoms with Crippen LogP contribution in [0.3, 0.4) is 0 Å². The molecule has 0 aliphatic heterocycles. The van der Waals surface area contributed by atoms with Gasteiger partial charge in [0.15, 0.2) is 0 Å². The van der Waals surface area contributed by atoms with E-state index in [4.69, 9.17) is 9.15 Å². The Labute approximate surface area is 118 Å². The summed E-state index contributed by atoms with van der Waals surface area (Å²) < 4.78 is 37.6. The zero-order valence-corrected chi connectivity index (χ0v) is 12.5. The van der Waals surface area contributed by atoms with Crippen molar-refractivity contribution in [2.24, 2.45) is 0 Å². The minimum atomic E-state index is -3.66. The lowest BCUT2D eigenvalue weighted by molar-refractivity contribution is 0.401. The number of furan rings is 1. The Balaban J connectivity index is 2.34. The van der Waals surface area contributed by atoms with Crippen molar-refractivity contribution in [3.8, 4) is 5.75 Å². The second kappa shape index (κ2) is 5.68. The van der Waals surface area contributed by atoms with Gasteiger partial charge in [0.2, 0.25) is 10.0 Å². The van der Waals surface area contributed by atoms with E-state index < -0.39 is 10.0 Å². The summed E-state index contributed by atoms with van der Waals surface area (Å²) in [5.41, 5.74) is 1.60. The van der Waals surface area contributed by atoms with Crippen LogP contribution < -0.4 is 9.46 Å². The van der Waals surface area contributed by atoms with Gasteiger partial charge in [0.05, 0.1) is 19.9 Å². The normalized spacial score (nSPS) is 11.6. The molecule has 0 saturated carbocycles. The zero-order valence-electron chi connectivity index (χ0n) is 11.6. The van der Waals surface area contributed by atoms with Crippen molar-refractivity contribution < 1.29 is 17.6 Å². The van der Waals surface area contributed by atoms with E-state index in [0.29, 0.717) is 17.1 Å². The molecule has 1 aromatic carbocycles. The van der Waals surface area contributed by atoms with Gasteiger partial charge in [0.1, 0.15) is 16.4 Å². The first-order valence-electron chi connectivity index (χ1n) is 6.11. The SMILES string of the molecule is COc1cc(C)cc(C)c1S(=O)(=O)NCc1ccco1. The molecule has 6 heteroatoms. The molecule has 1 aromatic heterocycles. The van der Waals surface area contributed by atoms with Crippen molar-refractivity contribution in [2.75, 3.05) is 7.11 Å². The lowest BCUT2D eigenvalue weighted by Crippen LogP contribution is -2.24. The highest BCUT2D eigenvalue weighted by Gasteiger charge is 2.22. The summed E-state index contributed by atoms with van der Waals surface area (Å²) in [6.45, 7) is 3.74. The van der Waals surface area contributed by atoms with E-state index in [1.54, 1.807) is 25.1 Å². The lowest BCUT2D eigenvalue weighted by atomic mass is 10.1. The number of hydrogen-bond acceptors (Lipinski definition) is 4. The molecule has 0 radical (unpaired) electrons. The molecule has 0 saturated heterocycles. The van der Waals surface area contributed by atoms with Crippen molar-refractivity contribution in [3.05, 3.63) is 47.4 Å². The number of nitrogens with one attached hydrogen (secondary N) is 1. The van der Waals surface area contributed by atoms with Crippen LogP contribution in [0.5, 0.6) is 5.75 Å². The van der Waals surface area contributed by atoms with Crippen molar-refractivity contribution in [2.45, 2.75) is 25.3 Å². The number of ether oxygens (including phenoxy) is 1. The maximum Gasteiger partial charge on any atom is 0.244 e. The molecule has 1 N–H and O–H groups in total. The molecule has 0 fully saturated rings. The van der Waals surface area contributed by atoms with Crippen molar-refractivity contribution in [1.82, 2.24) is 4.72 Å². The minimum absolute atomic E-state index is 0.103. The summed E-state index contributed by atoms with van der Waals surface area (Å²) in [7, 11) is -2.20. The van der Waals surface area contributed by atoms with E-state index >= 15 is 0 Å². The highest BCUT2D eigenvalue weighted by molar-refractivity contribution is 7.89. The van der Waals surface area contributed by atoms with Crippen LogP contribution in [0.15, 0.2) is 39.8 Å². The van der Waals surface area contributed by atoms with Gasteiger partial charge in [-0.25, -0.2) is 13.1 Å². The van der Waals surface area contributed by atoms with E-state index in [0.717, 1.165) is 5.56 Å². The molecule has 0 bridgehead atoms. The summed E-state index contributed by atoms with van der Waals surface area (Å²) >= 11 is 0. The van der Waals surface area contributed by atoms with E-state index in [1.807, 2.05) is 13.0 Å². The highest BCUT2D eigenvalue weighted by atomic mass is 32.2. The Bertz CT molecular complexity index is 690. The molecule has 0 unspecified atom stereocenters. The smallest absolute Gasteiger partial charge is 0.244 e. The van der Waals surface area contributed by atoms with Gasteiger partial charge >= 0.3 is 0 Å². The second-order valence-electron chi connectivity index (χ2n) is 4.52. The first kappa shape index (κ1) is 14.6. The Kier molecular flexibility index (Phi) is 4.15. The quantitative estimate of drug-likeness (QED) is 0.919. The highest BCUT2D eigenvalue weighted by Crippen LogP contribution is 2.28. The summed E-state index contributed by atoms with van der Waals surface area (Å²) in [4.78, 5) is 0.164. The zero-order chi connectivity index (χ0) is 14.8. The van der Waals surface area contributed by atoms with E-state index in [9.17, 15) is 8.42 Å². The first-order valence-corrected chi connectivity index (χ1v) is 7.59. The molecule has 5 nitrogen and oxygen atoms in total. The number of methoxy groups -OCH3 is 1. The average Bonchev–Trinajstić information content (AvgIpc) is 2.88. The van der Waals surface area contributed by atoms with E-state index in [2.05, 4.69) is 4.72 Å². The van der Waals surface area contributed by atoms with Gasteiger partial charge in [-0.1, -0.05) is 6.07 Å². The molecule has 0 amide bonds. The molecule has 2 rings (SSSR count). The fourth-order valence-corrected chi connectivity index (χ4v) is 3.43. The third-order valence-electron chi connectivity index (χ3n) is 2.89. The number of rotatable bonds is 5. The molecular weight excluding hydrogens is 278 g/mol. The van der Waals surface area contributed by atoms with Gasteiger partial charge in [-0.15, -0.1) is 0 Å². The van der Waals surface area contributed by atoms with Crippen LogP contribution in [0.2, 0.25) is 0 Å². The summed E-state index contributed by atoms with van der Waals surface area (Å²) in [5.74, 6) is 0.895. The van der Waals surface area contributed by atoms with Crippen molar-refractivity contribution in [3.63, 3.8) is 0 Å². The van der Waals surface area contributed by atoms with Crippen LogP contribution in [0.1, 0.15) is 16.9 Å². The third kappa shape index (κ3) is 3.02. The van der Waals surface area contributed by atoms with Gasteiger partial charge in [-0.2, -0.15) is 0 Å². The lowest BCUT2D eigenvalue weighted by Gasteiger charge is -2.13. The van der Waals surface area contributed by atoms with Crippen molar-refractivity contribution >= 4 is 10.0 Å². The summed E-state index contributed by atoms with van der Waals surface area (Å²) in [5, 5.41) is 0. The van der Waals surface area contributed by atoms with Crippen LogP contribution in [0.25, 0.3) is 0 Å². The van der Waals surface area contributed by atoms with Gasteiger partial charge in [0, 0.05) is 0 Å². The van der Waals surface area contributed by atoms with Crippen molar-refractivity contribution in [1.29, 1.82) is 0 Å². The number of sulfonamides is 1. The topological polar surface area (TPSA) is 68.5 Å². The van der Waals surface area contributed by atoms with E-state index in [-0.39, 0.29) is 11.4 Å². The van der Waals surface area contributed by atoms with Crippen LogP contribution in [-0.2, 0) is 16.6 Å². The molecule has 20 heavy (non-hydrogen) atoms. The maximum atomic E-state index is 12.4. The number of aryl methyl sites for hydroxylation is 2. The maximum absolute atomic E-state index is 12.4. The average molecular weight is 295 g/mol. The van der Waals surface area contributed by atoms with Gasteiger partial charge in [0.25, 0.3) is 0 Å². The van der Waals surface area contributed by atoms with Crippen LogP contribution in [0.4, 0.5) is 0 Å². The molecule has 2 aromatic rings. The van der Waals surface area contributed by atoms with Crippen LogP contribution >= 0.6 is 0 Å². The van der Waals surface area contributed by atoms with Crippen LogP contribution in [-0.4, -0.2) is 15.5 Å². The number of hydrogen-bond donors (Lipinski definition) is 1. The Morgan fingerprint density at radius 2 is 2.05 bits per heavy atom. The summed E-state index contributed by atoms with van der Waals surface area (Å²) in [6, 6.07) is 6.93. The second-order valence-corrected chi connectivity index (χ2v) is 6.22. The molecular formula is C14H17NO4S. The Morgan fingerprint density at radius 3 is 2.65 bits per heavy atom. The predicted octanol–water partition coefficient (Wildman–Crippen LogP) is 2.38. The molecule has 108 valence electrons. The van der Waals surface area contributed by atoms with Gasteiger partial charge in [-0.05, 0) is 43.2 Å². The monoisotopic (exact) mass is 295 g/mol. The number of benzene rings is 1. The molecule has 1 heterocycles. The fourth-order valence-electron chi connectivity index (χ4n) is 2.06. The molecule has 0 atom stereocenters. The Hall–Kier alpha value is -1.79. The Morgan fingerprint density at radius 1 is 1.30 bits per heavy atom. The molecule has 0 aliphatic rings. The fraction of sp³-hybridized carbons (Fsp3) is 0.286. The predicted molar refractivity (Wildman–Crippen MR) is 75.2 cm³/mol. The summed E-state index contributed by atoms with van der Waals surface area (Å²) in [6.07, 6.45) is 1.50. The molecule has 0 aliphatic carbocycles. The van der Waals surface area contributed by atoms with Gasteiger partial charge in [-0.3, -0.25) is 0 Å². The van der Waals surface area contributed by atoms with E-state index in [1.165, 1.54) is 13.4 Å². The standard InChI is InChI=1S/C14H17NO4S/c1-10-7-11(2)14(13(8-10)18-3)20(16,17)15-9-12-5-4-6-19-12/h4-8,15H,9H2,1-3H3. The molecule has 0 spiro atoms. The minimum Gasteiger partial charge on any atom is -0.495 e. The largest absolute Gasteiger partial charge is 0.495 e. The third-order valence-corrected chi connectivity index (χ3v) is 4.48.